The summed E-state index contributed by atoms with van der Waals surface area (Å²) in [7, 11) is 3.87. The smallest absolute Gasteiger partial charge is 0.257 e. The Hall–Kier alpha value is -2.70. The monoisotopic (exact) mass is 353 g/mol. The zero-order valence-corrected chi connectivity index (χ0v) is 15.1. The summed E-state index contributed by atoms with van der Waals surface area (Å²) < 4.78 is 0. The van der Waals surface area contributed by atoms with Gasteiger partial charge < -0.3 is 14.9 Å². The first-order valence-corrected chi connectivity index (χ1v) is 8.96. The number of fused-ring (bicyclic) bond motifs is 2. The Morgan fingerprint density at radius 2 is 2.15 bits per heavy atom. The molecule has 2 aromatic heterocycles. The van der Waals surface area contributed by atoms with Crippen LogP contribution >= 0.6 is 0 Å². The first-order chi connectivity index (χ1) is 12.5. The minimum absolute atomic E-state index is 0.0684. The van der Waals surface area contributed by atoms with Crippen LogP contribution in [0.4, 0.5) is 5.95 Å². The molecule has 7 nitrogen and oxygen atoms in total. The van der Waals surface area contributed by atoms with E-state index in [1.165, 1.54) is 18.0 Å². The van der Waals surface area contributed by atoms with E-state index in [4.69, 9.17) is 4.98 Å². The molecule has 1 saturated heterocycles. The Balaban J connectivity index is 1.65. The van der Waals surface area contributed by atoms with Crippen LogP contribution in [0, 0.1) is 0 Å². The average molecular weight is 353 g/mol. The molecule has 3 heterocycles. The van der Waals surface area contributed by atoms with Gasteiger partial charge in [0.15, 0.2) is 0 Å². The van der Waals surface area contributed by atoms with E-state index >= 15 is 0 Å². The van der Waals surface area contributed by atoms with Crippen LogP contribution in [0.3, 0.4) is 0 Å². The molecular weight excluding hydrogens is 330 g/mol. The molecule has 7 heteroatoms. The van der Waals surface area contributed by atoms with E-state index in [1.807, 2.05) is 30.1 Å². The van der Waals surface area contributed by atoms with Gasteiger partial charge >= 0.3 is 0 Å². The maximum atomic E-state index is 12.9. The largest absolute Gasteiger partial charge is 0.505 e. The Morgan fingerprint density at radius 1 is 1.31 bits per heavy atom. The molecule has 0 aromatic carbocycles. The second-order valence-electron chi connectivity index (χ2n) is 7.44. The number of rotatable bonds is 2. The molecule has 1 spiro atoms. The van der Waals surface area contributed by atoms with Crippen LogP contribution in [0.5, 0.6) is 5.75 Å². The van der Waals surface area contributed by atoms with Gasteiger partial charge in [-0.15, -0.1) is 0 Å². The van der Waals surface area contributed by atoms with Gasteiger partial charge in [0.2, 0.25) is 5.95 Å². The zero-order valence-electron chi connectivity index (χ0n) is 15.1. The fourth-order valence-electron chi connectivity index (χ4n) is 4.19. The SMILES string of the molecule is CN(C)c1ncc2c(n1)C1(CCCN(C(=O)c3ccncc3O)C1)CC2. The molecule has 1 aliphatic carbocycles. The number of pyridine rings is 1. The molecular formula is C19H23N5O2. The molecule has 1 fully saturated rings. The lowest BCUT2D eigenvalue weighted by molar-refractivity contribution is 0.0630. The van der Waals surface area contributed by atoms with E-state index < -0.39 is 0 Å². The Bertz CT molecular complexity index is 850. The third-order valence-corrected chi connectivity index (χ3v) is 5.52. The highest BCUT2D eigenvalue weighted by molar-refractivity contribution is 5.96. The Morgan fingerprint density at radius 3 is 2.92 bits per heavy atom. The molecule has 136 valence electrons. The van der Waals surface area contributed by atoms with E-state index in [0.717, 1.165) is 31.4 Å². The molecule has 1 N–H and O–H groups in total. The van der Waals surface area contributed by atoms with Gasteiger partial charge in [0.05, 0.1) is 17.5 Å². The Kier molecular flexibility index (Phi) is 4.01. The molecule has 0 radical (unpaired) electrons. The first kappa shape index (κ1) is 16.8. The summed E-state index contributed by atoms with van der Waals surface area (Å²) in [6, 6.07) is 1.58. The van der Waals surface area contributed by atoms with Crippen molar-refractivity contribution in [3.05, 3.63) is 41.5 Å². The Labute approximate surface area is 152 Å². The summed E-state index contributed by atoms with van der Waals surface area (Å²) in [5.41, 5.74) is 2.48. The molecule has 0 bridgehead atoms. The van der Waals surface area contributed by atoms with Gasteiger partial charge in [-0.3, -0.25) is 9.78 Å². The van der Waals surface area contributed by atoms with Gasteiger partial charge in [-0.2, -0.15) is 0 Å². The number of amides is 1. The second kappa shape index (κ2) is 6.23. The topological polar surface area (TPSA) is 82.5 Å². The van der Waals surface area contributed by atoms with Crippen molar-refractivity contribution in [2.75, 3.05) is 32.1 Å². The average Bonchev–Trinajstić information content (AvgIpc) is 2.99. The number of anilines is 1. The van der Waals surface area contributed by atoms with Crippen LogP contribution < -0.4 is 4.90 Å². The van der Waals surface area contributed by atoms with Crippen LogP contribution in [0.2, 0.25) is 0 Å². The number of nitrogens with zero attached hydrogens (tertiary/aromatic N) is 5. The van der Waals surface area contributed by atoms with Crippen LogP contribution in [-0.2, 0) is 11.8 Å². The number of piperidine rings is 1. The van der Waals surface area contributed by atoms with E-state index in [2.05, 4.69) is 9.97 Å². The van der Waals surface area contributed by atoms with Gasteiger partial charge in [0.1, 0.15) is 5.75 Å². The van der Waals surface area contributed by atoms with Gasteiger partial charge in [-0.25, -0.2) is 9.97 Å². The normalized spacial score (nSPS) is 21.7. The van der Waals surface area contributed by atoms with Gasteiger partial charge in [0, 0.05) is 45.0 Å². The number of likely N-dealkylation sites (tertiary alicyclic amines) is 1. The van der Waals surface area contributed by atoms with Crippen molar-refractivity contribution in [1.29, 1.82) is 0 Å². The van der Waals surface area contributed by atoms with Crippen molar-refractivity contribution in [3.63, 3.8) is 0 Å². The molecule has 0 saturated carbocycles. The minimum Gasteiger partial charge on any atom is -0.505 e. The van der Waals surface area contributed by atoms with E-state index in [9.17, 15) is 9.90 Å². The lowest BCUT2D eigenvalue weighted by atomic mass is 9.77. The number of hydrogen-bond acceptors (Lipinski definition) is 6. The lowest BCUT2D eigenvalue weighted by Gasteiger charge is -2.40. The van der Waals surface area contributed by atoms with Crippen LogP contribution in [0.25, 0.3) is 0 Å². The van der Waals surface area contributed by atoms with Crippen molar-refractivity contribution in [1.82, 2.24) is 19.9 Å². The lowest BCUT2D eigenvalue weighted by Crippen LogP contribution is -2.48. The van der Waals surface area contributed by atoms with Gasteiger partial charge in [-0.05, 0) is 37.3 Å². The summed E-state index contributed by atoms with van der Waals surface area (Å²) in [4.78, 5) is 29.8. The molecule has 2 aliphatic rings. The van der Waals surface area contributed by atoms with E-state index in [0.29, 0.717) is 24.6 Å². The maximum Gasteiger partial charge on any atom is 0.257 e. The van der Waals surface area contributed by atoms with Crippen molar-refractivity contribution in [2.45, 2.75) is 31.1 Å². The third kappa shape index (κ3) is 2.67. The fraction of sp³-hybridized carbons (Fsp3) is 0.474. The summed E-state index contributed by atoms with van der Waals surface area (Å²) >= 11 is 0. The van der Waals surface area contributed by atoms with E-state index in [-0.39, 0.29) is 17.1 Å². The summed E-state index contributed by atoms with van der Waals surface area (Å²) in [5.74, 6) is 0.501. The molecule has 4 rings (SSSR count). The van der Waals surface area contributed by atoms with Crippen molar-refractivity contribution < 1.29 is 9.90 Å². The molecule has 2 aromatic rings. The zero-order chi connectivity index (χ0) is 18.3. The van der Waals surface area contributed by atoms with Gasteiger partial charge in [0.25, 0.3) is 5.91 Å². The maximum absolute atomic E-state index is 12.9. The highest BCUT2D eigenvalue weighted by Gasteiger charge is 2.45. The van der Waals surface area contributed by atoms with Crippen molar-refractivity contribution in [3.8, 4) is 5.75 Å². The highest BCUT2D eigenvalue weighted by atomic mass is 16.3. The molecule has 1 amide bonds. The first-order valence-electron chi connectivity index (χ1n) is 8.96. The van der Waals surface area contributed by atoms with Crippen molar-refractivity contribution >= 4 is 11.9 Å². The van der Waals surface area contributed by atoms with Crippen LogP contribution in [0.1, 0.15) is 40.9 Å². The summed E-state index contributed by atoms with van der Waals surface area (Å²) in [5, 5.41) is 9.99. The summed E-state index contributed by atoms with van der Waals surface area (Å²) in [6.45, 7) is 1.33. The summed E-state index contributed by atoms with van der Waals surface area (Å²) in [6.07, 6.45) is 8.67. The standard InChI is InChI=1S/C19H23N5O2/c1-23(2)18-21-10-13-4-7-19(16(13)22-18)6-3-9-24(12-19)17(26)14-5-8-20-11-15(14)25/h5,8,10-11,25H,3-4,6-7,9,12H2,1-2H3. The molecule has 1 atom stereocenters. The fourth-order valence-corrected chi connectivity index (χ4v) is 4.19. The number of aryl methyl sites for hydroxylation is 1. The predicted molar refractivity (Wildman–Crippen MR) is 97.4 cm³/mol. The number of carbonyl (C=O) groups excluding carboxylic acids is 1. The minimum atomic E-state index is -0.140. The highest BCUT2D eigenvalue weighted by Crippen LogP contribution is 2.44. The van der Waals surface area contributed by atoms with Crippen molar-refractivity contribution in [2.24, 2.45) is 0 Å². The van der Waals surface area contributed by atoms with Gasteiger partial charge in [-0.1, -0.05) is 0 Å². The molecule has 26 heavy (non-hydrogen) atoms. The van der Waals surface area contributed by atoms with E-state index in [1.54, 1.807) is 6.07 Å². The third-order valence-electron chi connectivity index (χ3n) is 5.52. The van der Waals surface area contributed by atoms with Crippen LogP contribution in [0.15, 0.2) is 24.7 Å². The number of aromatic hydroxyl groups is 1. The number of hydrogen-bond donors (Lipinski definition) is 1. The molecule has 1 aliphatic heterocycles. The second-order valence-corrected chi connectivity index (χ2v) is 7.44. The predicted octanol–water partition coefficient (Wildman–Crippen LogP) is 1.76. The molecule has 1 unspecified atom stereocenters. The number of aromatic nitrogens is 3. The quantitative estimate of drug-likeness (QED) is 0.886. The number of carbonyl (C=O) groups is 1. The van der Waals surface area contributed by atoms with Crippen LogP contribution in [-0.4, -0.2) is 58.1 Å².